The van der Waals surface area contributed by atoms with E-state index < -0.39 is 23.7 Å². The quantitative estimate of drug-likeness (QED) is 0.726. The van der Waals surface area contributed by atoms with E-state index in [1.165, 1.54) is 12.1 Å². The van der Waals surface area contributed by atoms with Crippen LogP contribution < -0.4 is 10.6 Å². The van der Waals surface area contributed by atoms with Crippen LogP contribution in [0.4, 0.5) is 10.1 Å². The third-order valence-corrected chi connectivity index (χ3v) is 3.00. The van der Waals surface area contributed by atoms with E-state index in [0.29, 0.717) is 6.42 Å². The number of hydrogen-bond acceptors (Lipinski definition) is 3. The van der Waals surface area contributed by atoms with E-state index in [1.807, 2.05) is 13.8 Å². The normalized spacial score (nSPS) is 12.1. The van der Waals surface area contributed by atoms with Gasteiger partial charge in [0, 0.05) is 5.69 Å². The minimum atomic E-state index is -0.932. The topological polar surface area (TPSA) is 78.4 Å². The lowest BCUT2D eigenvalue weighted by Crippen LogP contribution is -2.44. The lowest BCUT2D eigenvalue weighted by molar-refractivity contribution is -0.136. The van der Waals surface area contributed by atoms with E-state index in [-0.39, 0.29) is 23.2 Å². The summed E-state index contributed by atoms with van der Waals surface area (Å²) in [5.41, 5.74) is 0.126. The molecule has 0 heterocycles. The highest BCUT2D eigenvalue weighted by Crippen LogP contribution is 2.18. The number of aliphatic hydroxyl groups excluding tert-OH is 1. The average Bonchev–Trinajstić information content (AvgIpc) is 2.41. The van der Waals surface area contributed by atoms with Crippen LogP contribution in [-0.4, -0.2) is 29.6 Å². The number of amides is 2. The van der Waals surface area contributed by atoms with E-state index >= 15 is 0 Å². The number of aliphatic hydroxyl groups is 1. The Bertz CT molecular complexity index is 523. The molecule has 0 radical (unpaired) electrons. The SMILES string of the molecule is CC(C)CC(CO)NC(=O)C(=O)Nc1ccc(Cl)c(F)c1. The summed E-state index contributed by atoms with van der Waals surface area (Å²) in [6, 6.07) is 3.18. The van der Waals surface area contributed by atoms with Crippen molar-refractivity contribution in [3.63, 3.8) is 0 Å². The molecular weight excluding hydrogens is 299 g/mol. The van der Waals surface area contributed by atoms with Crippen LogP contribution in [0.25, 0.3) is 0 Å². The first-order chi connectivity index (χ1) is 9.83. The van der Waals surface area contributed by atoms with Gasteiger partial charge in [-0.3, -0.25) is 9.59 Å². The molecular formula is C14H18ClFN2O3. The summed E-state index contributed by atoms with van der Waals surface area (Å²) in [6.07, 6.45) is 0.547. The molecule has 0 saturated heterocycles. The number of anilines is 1. The fourth-order valence-corrected chi connectivity index (χ4v) is 1.88. The van der Waals surface area contributed by atoms with Crippen molar-refractivity contribution in [3.05, 3.63) is 29.0 Å². The molecule has 7 heteroatoms. The van der Waals surface area contributed by atoms with Gasteiger partial charge in [-0.05, 0) is 30.5 Å². The van der Waals surface area contributed by atoms with Crippen LogP contribution in [0, 0.1) is 11.7 Å². The van der Waals surface area contributed by atoms with E-state index in [4.69, 9.17) is 16.7 Å². The average molecular weight is 317 g/mol. The monoisotopic (exact) mass is 316 g/mol. The van der Waals surface area contributed by atoms with Crippen LogP contribution in [0.5, 0.6) is 0 Å². The van der Waals surface area contributed by atoms with Crippen LogP contribution in [0.3, 0.4) is 0 Å². The van der Waals surface area contributed by atoms with Gasteiger partial charge < -0.3 is 15.7 Å². The second kappa shape index (κ2) is 7.95. The lowest BCUT2D eigenvalue weighted by Gasteiger charge is -2.17. The molecule has 0 fully saturated rings. The molecule has 116 valence electrons. The molecule has 0 aliphatic heterocycles. The van der Waals surface area contributed by atoms with Crippen molar-refractivity contribution in [2.24, 2.45) is 5.92 Å². The molecule has 0 saturated carbocycles. The van der Waals surface area contributed by atoms with Crippen LogP contribution in [0.15, 0.2) is 18.2 Å². The summed E-state index contributed by atoms with van der Waals surface area (Å²) in [7, 11) is 0. The van der Waals surface area contributed by atoms with E-state index in [9.17, 15) is 14.0 Å². The van der Waals surface area contributed by atoms with Crippen LogP contribution in [0.2, 0.25) is 5.02 Å². The summed E-state index contributed by atoms with van der Waals surface area (Å²) in [6.45, 7) is 3.61. The van der Waals surface area contributed by atoms with Crippen LogP contribution >= 0.6 is 11.6 Å². The maximum Gasteiger partial charge on any atom is 0.313 e. The van der Waals surface area contributed by atoms with Crippen molar-refractivity contribution in [2.75, 3.05) is 11.9 Å². The highest BCUT2D eigenvalue weighted by molar-refractivity contribution is 6.39. The van der Waals surface area contributed by atoms with Crippen LogP contribution in [-0.2, 0) is 9.59 Å². The minimum Gasteiger partial charge on any atom is -0.394 e. The molecule has 1 aromatic carbocycles. The Hall–Kier alpha value is -1.66. The number of hydrogen-bond donors (Lipinski definition) is 3. The summed E-state index contributed by atoms with van der Waals surface area (Å²) >= 11 is 5.52. The van der Waals surface area contributed by atoms with Crippen molar-refractivity contribution < 1.29 is 19.1 Å². The Morgan fingerprint density at radius 2 is 2.00 bits per heavy atom. The Labute approximate surface area is 127 Å². The highest BCUT2D eigenvalue weighted by Gasteiger charge is 2.19. The number of carbonyl (C=O) groups excluding carboxylic acids is 2. The van der Waals surface area contributed by atoms with Gasteiger partial charge >= 0.3 is 11.8 Å². The first kappa shape index (κ1) is 17.4. The van der Waals surface area contributed by atoms with Crippen molar-refractivity contribution in [1.29, 1.82) is 0 Å². The van der Waals surface area contributed by atoms with Gasteiger partial charge in [-0.25, -0.2) is 4.39 Å². The van der Waals surface area contributed by atoms with Gasteiger partial charge in [0.1, 0.15) is 5.82 Å². The van der Waals surface area contributed by atoms with E-state index in [2.05, 4.69) is 10.6 Å². The first-order valence-electron chi connectivity index (χ1n) is 6.51. The third-order valence-electron chi connectivity index (χ3n) is 2.70. The van der Waals surface area contributed by atoms with Crippen molar-refractivity contribution in [3.8, 4) is 0 Å². The number of benzene rings is 1. The summed E-state index contributed by atoms with van der Waals surface area (Å²) in [5, 5.41) is 13.8. The lowest BCUT2D eigenvalue weighted by atomic mass is 10.0. The maximum absolute atomic E-state index is 13.2. The van der Waals surface area contributed by atoms with Gasteiger partial charge in [-0.15, -0.1) is 0 Å². The predicted octanol–water partition coefficient (Wildman–Crippen LogP) is 1.94. The molecule has 0 bridgehead atoms. The summed E-state index contributed by atoms with van der Waals surface area (Å²) in [4.78, 5) is 23.4. The standard InChI is InChI=1S/C14H18ClFN2O3/c1-8(2)5-10(7-19)18-14(21)13(20)17-9-3-4-11(15)12(16)6-9/h3-4,6,8,10,19H,5,7H2,1-2H3,(H,17,20)(H,18,21). The zero-order valence-corrected chi connectivity index (χ0v) is 12.6. The maximum atomic E-state index is 13.2. The molecule has 0 aliphatic rings. The van der Waals surface area contributed by atoms with Crippen molar-refractivity contribution in [2.45, 2.75) is 26.3 Å². The van der Waals surface area contributed by atoms with Crippen LogP contribution in [0.1, 0.15) is 20.3 Å². The molecule has 21 heavy (non-hydrogen) atoms. The zero-order valence-electron chi connectivity index (χ0n) is 11.8. The first-order valence-corrected chi connectivity index (χ1v) is 6.89. The Morgan fingerprint density at radius 3 is 2.52 bits per heavy atom. The molecule has 0 aromatic heterocycles. The van der Waals surface area contributed by atoms with Gasteiger partial charge in [-0.2, -0.15) is 0 Å². The van der Waals surface area contributed by atoms with Gasteiger partial charge in [0.05, 0.1) is 17.7 Å². The number of nitrogens with one attached hydrogen (secondary N) is 2. The molecule has 1 atom stereocenters. The largest absolute Gasteiger partial charge is 0.394 e. The Kier molecular flexibility index (Phi) is 6.58. The minimum absolute atomic E-state index is 0.0743. The molecule has 2 amide bonds. The van der Waals surface area contributed by atoms with E-state index in [1.54, 1.807) is 0 Å². The highest BCUT2D eigenvalue weighted by atomic mass is 35.5. The molecule has 5 nitrogen and oxygen atoms in total. The number of halogens is 2. The Balaban J connectivity index is 2.61. The van der Waals surface area contributed by atoms with Gasteiger partial charge in [0.2, 0.25) is 0 Å². The summed E-state index contributed by atoms with van der Waals surface area (Å²) in [5.74, 6) is -2.25. The van der Waals surface area contributed by atoms with Gasteiger partial charge in [0.25, 0.3) is 0 Å². The van der Waals surface area contributed by atoms with Crippen molar-refractivity contribution >= 4 is 29.1 Å². The fourth-order valence-electron chi connectivity index (χ4n) is 1.76. The van der Waals surface area contributed by atoms with Crippen molar-refractivity contribution in [1.82, 2.24) is 5.32 Å². The number of carbonyl (C=O) groups is 2. The molecule has 0 aliphatic carbocycles. The number of rotatable bonds is 5. The molecule has 1 unspecified atom stereocenters. The van der Waals surface area contributed by atoms with Gasteiger partial charge in [0.15, 0.2) is 0 Å². The Morgan fingerprint density at radius 1 is 1.33 bits per heavy atom. The second-order valence-electron chi connectivity index (χ2n) is 5.07. The summed E-state index contributed by atoms with van der Waals surface area (Å²) < 4.78 is 13.2. The molecule has 3 N–H and O–H groups in total. The zero-order chi connectivity index (χ0) is 16.0. The third kappa shape index (κ3) is 5.69. The molecule has 0 spiro atoms. The van der Waals surface area contributed by atoms with E-state index in [0.717, 1.165) is 6.07 Å². The smallest absolute Gasteiger partial charge is 0.313 e. The second-order valence-corrected chi connectivity index (χ2v) is 5.47. The van der Waals surface area contributed by atoms with Gasteiger partial charge in [-0.1, -0.05) is 25.4 Å². The molecule has 1 aromatic rings. The predicted molar refractivity (Wildman–Crippen MR) is 78.5 cm³/mol. The fraction of sp³-hybridized carbons (Fsp3) is 0.429. The molecule has 1 rings (SSSR count).